The van der Waals surface area contributed by atoms with E-state index in [1.54, 1.807) is 28.0 Å². The van der Waals surface area contributed by atoms with Gasteiger partial charge in [0.05, 0.1) is 5.02 Å². The zero-order valence-electron chi connectivity index (χ0n) is 17.2. The van der Waals surface area contributed by atoms with Crippen LogP contribution >= 0.6 is 11.6 Å². The van der Waals surface area contributed by atoms with Crippen molar-refractivity contribution in [2.45, 2.75) is 19.8 Å². The molecule has 3 heterocycles. The van der Waals surface area contributed by atoms with Crippen molar-refractivity contribution in [3.8, 4) is 0 Å². The molecule has 2 aliphatic rings. The van der Waals surface area contributed by atoms with E-state index in [2.05, 4.69) is 15.6 Å². The Morgan fingerprint density at radius 1 is 1.16 bits per heavy atom. The molecule has 0 saturated carbocycles. The number of pyridine rings is 1. The first-order valence-electron chi connectivity index (χ1n) is 10.3. The molecule has 162 valence electrons. The largest absolute Gasteiger partial charge is 0.339 e. The first-order chi connectivity index (χ1) is 14.9. The standard InChI is InChI=1S/C22H24ClN5O3/c1-14-12-16(2-4-18(14)28-11-8-24-22(28)31)21(30)27-9-6-15(7-10-27)20(29)26-19-5-3-17(23)13-25-19/h2-5,12-13,15H,6-11H2,1H3,(H,24,31)(H,25,26,29). The maximum absolute atomic E-state index is 13.0. The molecule has 0 spiro atoms. The van der Waals surface area contributed by atoms with Crippen LogP contribution in [0.3, 0.4) is 0 Å². The number of amides is 4. The van der Waals surface area contributed by atoms with Crippen LogP contribution in [0.25, 0.3) is 0 Å². The molecule has 2 fully saturated rings. The molecular weight excluding hydrogens is 418 g/mol. The van der Waals surface area contributed by atoms with Gasteiger partial charge in [0.25, 0.3) is 5.91 Å². The van der Waals surface area contributed by atoms with Gasteiger partial charge in [-0.2, -0.15) is 0 Å². The SMILES string of the molecule is Cc1cc(C(=O)N2CCC(C(=O)Nc3ccc(Cl)cn3)CC2)ccc1N1CCNC1=O. The van der Waals surface area contributed by atoms with E-state index in [0.717, 1.165) is 11.3 Å². The number of carbonyl (C=O) groups is 3. The second-order valence-corrected chi connectivity index (χ2v) is 8.24. The van der Waals surface area contributed by atoms with Gasteiger partial charge in [0.15, 0.2) is 0 Å². The molecule has 9 heteroatoms. The Bertz CT molecular complexity index is 1000. The van der Waals surface area contributed by atoms with Crippen LogP contribution in [0.15, 0.2) is 36.5 Å². The predicted molar refractivity (Wildman–Crippen MR) is 118 cm³/mol. The van der Waals surface area contributed by atoms with Crippen molar-refractivity contribution in [1.82, 2.24) is 15.2 Å². The fraction of sp³-hybridized carbons (Fsp3) is 0.364. The van der Waals surface area contributed by atoms with Crippen molar-refractivity contribution in [3.05, 3.63) is 52.7 Å². The van der Waals surface area contributed by atoms with Crippen LogP contribution in [0.5, 0.6) is 0 Å². The van der Waals surface area contributed by atoms with E-state index >= 15 is 0 Å². The third-order valence-electron chi connectivity index (χ3n) is 5.72. The molecular formula is C22H24ClN5O3. The highest BCUT2D eigenvalue weighted by Crippen LogP contribution is 2.25. The molecule has 2 aromatic rings. The number of halogens is 1. The molecule has 1 aromatic heterocycles. The van der Waals surface area contributed by atoms with Gasteiger partial charge in [-0.05, 0) is 55.7 Å². The van der Waals surface area contributed by atoms with Gasteiger partial charge >= 0.3 is 6.03 Å². The van der Waals surface area contributed by atoms with Crippen molar-refractivity contribution in [3.63, 3.8) is 0 Å². The van der Waals surface area contributed by atoms with Gasteiger partial charge in [0.2, 0.25) is 5.91 Å². The van der Waals surface area contributed by atoms with E-state index < -0.39 is 0 Å². The molecule has 0 bridgehead atoms. The van der Waals surface area contributed by atoms with Crippen molar-refractivity contribution < 1.29 is 14.4 Å². The summed E-state index contributed by atoms with van der Waals surface area (Å²) in [5.41, 5.74) is 2.29. The summed E-state index contributed by atoms with van der Waals surface area (Å²) < 4.78 is 0. The normalized spacial score (nSPS) is 16.9. The fourth-order valence-corrected chi connectivity index (χ4v) is 4.11. The number of aryl methyl sites for hydroxylation is 1. The van der Waals surface area contributed by atoms with E-state index in [1.807, 2.05) is 19.1 Å². The second kappa shape index (κ2) is 8.93. The molecule has 4 amide bonds. The highest BCUT2D eigenvalue weighted by molar-refractivity contribution is 6.30. The number of nitrogens with one attached hydrogen (secondary N) is 2. The lowest BCUT2D eigenvalue weighted by atomic mass is 9.95. The van der Waals surface area contributed by atoms with Crippen molar-refractivity contribution in [2.24, 2.45) is 5.92 Å². The molecule has 2 N–H and O–H groups in total. The summed E-state index contributed by atoms with van der Waals surface area (Å²) in [6.45, 7) is 4.17. The molecule has 4 rings (SSSR count). The summed E-state index contributed by atoms with van der Waals surface area (Å²) in [5.74, 6) is 0.152. The Hall–Kier alpha value is -3.13. The van der Waals surface area contributed by atoms with E-state index in [0.29, 0.717) is 55.4 Å². The summed E-state index contributed by atoms with van der Waals surface area (Å²) in [7, 11) is 0. The van der Waals surface area contributed by atoms with Gasteiger partial charge in [-0.15, -0.1) is 0 Å². The first kappa shape index (κ1) is 21.1. The van der Waals surface area contributed by atoms with Crippen LogP contribution in [-0.4, -0.2) is 53.9 Å². The third-order valence-corrected chi connectivity index (χ3v) is 5.95. The Kier molecular flexibility index (Phi) is 6.08. The molecule has 2 saturated heterocycles. The van der Waals surface area contributed by atoms with Gasteiger partial charge < -0.3 is 15.5 Å². The Morgan fingerprint density at radius 2 is 1.94 bits per heavy atom. The quantitative estimate of drug-likeness (QED) is 0.762. The van der Waals surface area contributed by atoms with Crippen LogP contribution in [0.2, 0.25) is 5.02 Å². The number of urea groups is 1. The fourth-order valence-electron chi connectivity index (χ4n) is 4.00. The number of nitrogens with zero attached hydrogens (tertiary/aromatic N) is 3. The average Bonchev–Trinajstić information content (AvgIpc) is 3.20. The lowest BCUT2D eigenvalue weighted by Gasteiger charge is -2.31. The summed E-state index contributed by atoms with van der Waals surface area (Å²) in [4.78, 5) is 44.9. The minimum atomic E-state index is -0.167. The van der Waals surface area contributed by atoms with Crippen molar-refractivity contribution in [1.29, 1.82) is 0 Å². The van der Waals surface area contributed by atoms with E-state index in [-0.39, 0.29) is 23.8 Å². The van der Waals surface area contributed by atoms with Gasteiger partial charge in [-0.25, -0.2) is 9.78 Å². The second-order valence-electron chi connectivity index (χ2n) is 7.80. The smallest absolute Gasteiger partial charge is 0.322 e. The highest BCUT2D eigenvalue weighted by Gasteiger charge is 2.29. The summed E-state index contributed by atoms with van der Waals surface area (Å²) >= 11 is 5.82. The van der Waals surface area contributed by atoms with Crippen LogP contribution in [0.1, 0.15) is 28.8 Å². The van der Waals surface area contributed by atoms with Crippen molar-refractivity contribution in [2.75, 3.05) is 36.4 Å². The minimum Gasteiger partial charge on any atom is -0.339 e. The molecule has 0 radical (unpaired) electrons. The number of hydrogen-bond donors (Lipinski definition) is 2. The number of benzene rings is 1. The summed E-state index contributed by atoms with van der Waals surface area (Å²) in [5, 5.41) is 6.10. The topological polar surface area (TPSA) is 94.6 Å². The molecule has 0 atom stereocenters. The minimum absolute atomic E-state index is 0.0567. The van der Waals surface area contributed by atoms with Crippen LogP contribution < -0.4 is 15.5 Å². The number of hydrogen-bond acceptors (Lipinski definition) is 4. The molecule has 2 aliphatic heterocycles. The summed E-state index contributed by atoms with van der Waals surface area (Å²) in [6.07, 6.45) is 2.67. The van der Waals surface area contributed by atoms with E-state index in [9.17, 15) is 14.4 Å². The van der Waals surface area contributed by atoms with E-state index in [4.69, 9.17) is 11.6 Å². The number of rotatable bonds is 4. The van der Waals surface area contributed by atoms with Gasteiger partial charge in [0, 0.05) is 49.5 Å². The van der Waals surface area contributed by atoms with Crippen LogP contribution in [0.4, 0.5) is 16.3 Å². The molecule has 0 aliphatic carbocycles. The number of anilines is 2. The maximum Gasteiger partial charge on any atom is 0.322 e. The number of likely N-dealkylation sites (tertiary alicyclic amines) is 1. The number of piperidine rings is 1. The van der Waals surface area contributed by atoms with Gasteiger partial charge in [0.1, 0.15) is 5.82 Å². The molecule has 1 aromatic carbocycles. The maximum atomic E-state index is 13.0. The zero-order valence-corrected chi connectivity index (χ0v) is 18.0. The lowest BCUT2D eigenvalue weighted by Crippen LogP contribution is -2.41. The highest BCUT2D eigenvalue weighted by atomic mass is 35.5. The van der Waals surface area contributed by atoms with Gasteiger partial charge in [-0.3, -0.25) is 14.5 Å². The molecule has 8 nitrogen and oxygen atoms in total. The lowest BCUT2D eigenvalue weighted by molar-refractivity contribution is -0.121. The Labute approximate surface area is 185 Å². The van der Waals surface area contributed by atoms with E-state index in [1.165, 1.54) is 6.20 Å². The van der Waals surface area contributed by atoms with Crippen LogP contribution in [-0.2, 0) is 4.79 Å². The Balaban J connectivity index is 1.34. The monoisotopic (exact) mass is 441 g/mol. The Morgan fingerprint density at radius 3 is 2.55 bits per heavy atom. The predicted octanol–water partition coefficient (Wildman–Crippen LogP) is 3.06. The van der Waals surface area contributed by atoms with Gasteiger partial charge in [-0.1, -0.05) is 11.6 Å². The zero-order chi connectivity index (χ0) is 22.0. The third kappa shape index (κ3) is 4.64. The first-order valence-corrected chi connectivity index (χ1v) is 10.7. The number of aromatic nitrogens is 1. The molecule has 31 heavy (non-hydrogen) atoms. The average molecular weight is 442 g/mol. The summed E-state index contributed by atoms with van der Waals surface area (Å²) in [6, 6.07) is 8.64. The van der Waals surface area contributed by atoms with Crippen LogP contribution in [0, 0.1) is 12.8 Å². The molecule has 0 unspecified atom stereocenters. The number of carbonyl (C=O) groups excluding carboxylic acids is 3. The van der Waals surface area contributed by atoms with Crippen molar-refractivity contribution >= 4 is 41.0 Å².